The number of phenolic OH excluding ortho intramolecular Hbond substituents is 2. The predicted molar refractivity (Wildman–Crippen MR) is 71.2 cm³/mol. The molecule has 0 aliphatic heterocycles. The molecule has 0 atom stereocenters. The molecule has 0 radical (unpaired) electrons. The molecule has 0 saturated heterocycles. The van der Waals surface area contributed by atoms with Crippen molar-refractivity contribution < 1.29 is 14.6 Å². The second kappa shape index (κ2) is 4.17. The molecular weight excluding hydrogens is 244 g/mol. The topological polar surface area (TPSA) is 70.7 Å². The van der Waals surface area contributed by atoms with Gasteiger partial charge in [-0.05, 0) is 29.8 Å². The molecule has 19 heavy (non-hydrogen) atoms. The van der Waals surface area contributed by atoms with E-state index in [2.05, 4.69) is 0 Å². The number of phenols is 2. The van der Waals surface area contributed by atoms with Crippen LogP contribution in [-0.4, -0.2) is 10.2 Å². The van der Waals surface area contributed by atoms with Crippen LogP contribution in [-0.2, 0) is 0 Å². The summed E-state index contributed by atoms with van der Waals surface area (Å²) in [6.07, 6.45) is 0. The third-order valence-corrected chi connectivity index (χ3v) is 2.93. The van der Waals surface area contributed by atoms with E-state index in [0.29, 0.717) is 16.7 Å². The van der Waals surface area contributed by atoms with Crippen LogP contribution in [0.5, 0.6) is 11.5 Å². The average molecular weight is 254 g/mol. The summed E-state index contributed by atoms with van der Waals surface area (Å²) in [7, 11) is 0. The van der Waals surface area contributed by atoms with E-state index >= 15 is 0 Å². The van der Waals surface area contributed by atoms with Crippen LogP contribution in [0.2, 0.25) is 0 Å². The molecule has 0 aliphatic carbocycles. The Kier molecular flexibility index (Phi) is 2.49. The summed E-state index contributed by atoms with van der Waals surface area (Å²) in [5.41, 5.74) is 0.867. The molecule has 0 aliphatic rings. The summed E-state index contributed by atoms with van der Waals surface area (Å²) in [5, 5.41) is 19.6. The van der Waals surface area contributed by atoms with Crippen LogP contribution in [0.1, 0.15) is 0 Å². The monoisotopic (exact) mass is 254 g/mol. The van der Waals surface area contributed by atoms with Gasteiger partial charge in [0.1, 0.15) is 5.58 Å². The lowest BCUT2D eigenvalue weighted by Crippen LogP contribution is -2.02. The fourth-order valence-electron chi connectivity index (χ4n) is 1.95. The van der Waals surface area contributed by atoms with E-state index in [9.17, 15) is 15.0 Å². The lowest BCUT2D eigenvalue weighted by Gasteiger charge is -2.04. The molecule has 3 aromatic rings. The fraction of sp³-hybridized carbons (Fsp3) is 0. The Balaban J connectivity index is 2.27. The van der Waals surface area contributed by atoms with Gasteiger partial charge in [-0.1, -0.05) is 24.3 Å². The molecule has 1 aromatic heterocycles. The first-order valence-corrected chi connectivity index (χ1v) is 5.70. The van der Waals surface area contributed by atoms with Crippen LogP contribution in [0.15, 0.2) is 57.7 Å². The van der Waals surface area contributed by atoms with E-state index in [4.69, 9.17) is 4.42 Å². The van der Waals surface area contributed by atoms with Crippen molar-refractivity contribution in [2.24, 2.45) is 0 Å². The van der Waals surface area contributed by atoms with Gasteiger partial charge in [0, 0.05) is 5.39 Å². The van der Waals surface area contributed by atoms with Gasteiger partial charge < -0.3 is 14.6 Å². The van der Waals surface area contributed by atoms with Crippen LogP contribution in [0.4, 0.5) is 0 Å². The Morgan fingerprint density at radius 1 is 0.895 bits per heavy atom. The summed E-state index contributed by atoms with van der Waals surface area (Å²) in [4.78, 5) is 11.9. The Morgan fingerprint density at radius 3 is 2.47 bits per heavy atom. The van der Waals surface area contributed by atoms with E-state index in [-0.39, 0.29) is 11.5 Å². The van der Waals surface area contributed by atoms with Crippen LogP contribution >= 0.6 is 0 Å². The van der Waals surface area contributed by atoms with Gasteiger partial charge in [-0.3, -0.25) is 0 Å². The zero-order valence-electron chi connectivity index (χ0n) is 9.83. The van der Waals surface area contributed by atoms with E-state index in [1.807, 2.05) is 12.1 Å². The van der Waals surface area contributed by atoms with Gasteiger partial charge in [-0.25, -0.2) is 4.79 Å². The van der Waals surface area contributed by atoms with Crippen LogP contribution in [0, 0.1) is 0 Å². The van der Waals surface area contributed by atoms with Crippen molar-refractivity contribution in [2.45, 2.75) is 0 Å². The normalized spacial score (nSPS) is 10.7. The number of fused-ring (bicyclic) bond motifs is 1. The molecule has 0 unspecified atom stereocenters. The summed E-state index contributed by atoms with van der Waals surface area (Å²) >= 11 is 0. The van der Waals surface area contributed by atoms with Crippen molar-refractivity contribution in [3.8, 4) is 22.6 Å². The number of benzene rings is 2. The molecule has 0 fully saturated rings. The highest BCUT2D eigenvalue weighted by Gasteiger charge is 2.09. The fourth-order valence-corrected chi connectivity index (χ4v) is 1.95. The second-order valence-corrected chi connectivity index (χ2v) is 4.19. The summed E-state index contributed by atoms with van der Waals surface area (Å²) in [6, 6.07) is 13.1. The van der Waals surface area contributed by atoms with Gasteiger partial charge >= 0.3 is 5.63 Å². The molecule has 0 bridgehead atoms. The largest absolute Gasteiger partial charge is 0.504 e. The van der Waals surface area contributed by atoms with E-state index in [0.717, 1.165) is 5.39 Å². The predicted octanol–water partition coefficient (Wildman–Crippen LogP) is 2.87. The minimum Gasteiger partial charge on any atom is -0.504 e. The second-order valence-electron chi connectivity index (χ2n) is 4.19. The zero-order valence-corrected chi connectivity index (χ0v) is 9.83. The number of rotatable bonds is 1. The van der Waals surface area contributed by atoms with Gasteiger partial charge in [0.15, 0.2) is 11.5 Å². The minimum atomic E-state index is -0.483. The third kappa shape index (κ3) is 1.93. The average Bonchev–Trinajstić information content (AvgIpc) is 2.41. The molecule has 4 heteroatoms. The highest BCUT2D eigenvalue weighted by Crippen LogP contribution is 2.30. The number of hydrogen-bond acceptors (Lipinski definition) is 4. The third-order valence-electron chi connectivity index (χ3n) is 2.93. The molecule has 0 amide bonds. The summed E-state index contributed by atoms with van der Waals surface area (Å²) < 4.78 is 5.22. The molecule has 2 N–H and O–H groups in total. The van der Waals surface area contributed by atoms with Gasteiger partial charge in [-0.2, -0.15) is 0 Å². The minimum absolute atomic E-state index is 0.228. The van der Waals surface area contributed by atoms with Crippen LogP contribution in [0.3, 0.4) is 0 Å². The maximum absolute atomic E-state index is 11.9. The summed E-state index contributed by atoms with van der Waals surface area (Å²) in [6.45, 7) is 0. The Hall–Kier alpha value is -2.75. The van der Waals surface area contributed by atoms with Crippen molar-refractivity contribution in [1.29, 1.82) is 0 Å². The molecule has 0 saturated carbocycles. The van der Waals surface area contributed by atoms with Gasteiger partial charge in [0.05, 0.1) is 5.56 Å². The maximum atomic E-state index is 11.9. The Morgan fingerprint density at radius 2 is 1.68 bits per heavy atom. The Labute approximate surface area is 108 Å². The molecular formula is C15H10O4. The SMILES string of the molecule is O=c1oc2ccccc2cc1-c1ccc(O)c(O)c1. The number of para-hydroxylation sites is 1. The first kappa shape index (κ1) is 11.3. The first-order valence-electron chi connectivity index (χ1n) is 5.70. The van der Waals surface area contributed by atoms with E-state index in [1.165, 1.54) is 12.1 Å². The van der Waals surface area contributed by atoms with Crippen molar-refractivity contribution in [3.05, 3.63) is 59.0 Å². The van der Waals surface area contributed by atoms with Crippen molar-refractivity contribution in [1.82, 2.24) is 0 Å². The molecule has 4 nitrogen and oxygen atoms in total. The molecule has 2 aromatic carbocycles. The number of aromatic hydroxyl groups is 2. The standard InChI is InChI=1S/C15H10O4/c16-12-6-5-9(8-13(12)17)11-7-10-3-1-2-4-14(10)19-15(11)18/h1-8,16-17H. The Bertz CT molecular complexity index is 818. The van der Waals surface area contributed by atoms with Crippen LogP contribution < -0.4 is 5.63 Å². The van der Waals surface area contributed by atoms with Crippen LogP contribution in [0.25, 0.3) is 22.1 Å². The van der Waals surface area contributed by atoms with Crippen molar-refractivity contribution >= 4 is 11.0 Å². The first-order chi connectivity index (χ1) is 9.15. The maximum Gasteiger partial charge on any atom is 0.344 e. The van der Waals surface area contributed by atoms with E-state index < -0.39 is 5.63 Å². The van der Waals surface area contributed by atoms with Gasteiger partial charge in [-0.15, -0.1) is 0 Å². The molecule has 94 valence electrons. The van der Waals surface area contributed by atoms with Gasteiger partial charge in [0.25, 0.3) is 0 Å². The smallest absolute Gasteiger partial charge is 0.344 e. The van der Waals surface area contributed by atoms with E-state index in [1.54, 1.807) is 24.3 Å². The van der Waals surface area contributed by atoms with Gasteiger partial charge in [0.2, 0.25) is 0 Å². The number of hydrogen-bond donors (Lipinski definition) is 2. The lowest BCUT2D eigenvalue weighted by atomic mass is 10.1. The van der Waals surface area contributed by atoms with Crippen molar-refractivity contribution in [2.75, 3.05) is 0 Å². The zero-order chi connectivity index (χ0) is 13.4. The molecule has 0 spiro atoms. The molecule has 3 rings (SSSR count). The lowest BCUT2D eigenvalue weighted by molar-refractivity contribution is 0.404. The van der Waals surface area contributed by atoms with Crippen molar-refractivity contribution in [3.63, 3.8) is 0 Å². The quantitative estimate of drug-likeness (QED) is 0.517. The molecule has 1 heterocycles. The highest BCUT2D eigenvalue weighted by molar-refractivity contribution is 5.81. The highest BCUT2D eigenvalue weighted by atomic mass is 16.4. The summed E-state index contributed by atoms with van der Waals surface area (Å²) in [5.74, 6) is -0.501.